The number of nitrogens with zero attached hydrogens (tertiary/aromatic N) is 6. The molecule has 0 saturated carbocycles. The van der Waals surface area contributed by atoms with Gasteiger partial charge in [-0.2, -0.15) is 0 Å². The third-order valence-electron chi connectivity index (χ3n) is 28.9. The fourth-order valence-electron chi connectivity index (χ4n) is 22.1. The fourth-order valence-corrected chi connectivity index (χ4v) is 22.1. The number of ketones is 2. The quantitative estimate of drug-likeness (QED) is 0.0206. The van der Waals surface area contributed by atoms with Crippen LogP contribution >= 0.6 is 0 Å². The van der Waals surface area contributed by atoms with E-state index < -0.39 is 17.5 Å². The Morgan fingerprint density at radius 2 is 0.830 bits per heavy atom. The summed E-state index contributed by atoms with van der Waals surface area (Å²) in [4.78, 5) is 116. The Labute approximate surface area is 821 Å². The first-order valence-corrected chi connectivity index (χ1v) is 50.4. The minimum Gasteiger partial charge on any atom is -0.545 e. The predicted molar refractivity (Wildman–Crippen MR) is 536 cm³/mol. The van der Waals surface area contributed by atoms with Gasteiger partial charge in [0.1, 0.15) is 65.1 Å². The summed E-state index contributed by atoms with van der Waals surface area (Å²) in [7, 11) is 0. The topological polar surface area (TPSA) is 316 Å². The molecule has 0 aromatic heterocycles. The van der Waals surface area contributed by atoms with Gasteiger partial charge in [0.15, 0.2) is 11.6 Å². The Kier molecular flexibility index (Phi) is 31.9. The summed E-state index contributed by atoms with van der Waals surface area (Å²) in [6.45, 7) is 16.4. The molecule has 6 fully saturated rings. The summed E-state index contributed by atoms with van der Waals surface area (Å²) in [5.74, 6) is -0.806. The number of rotatable bonds is 28. The van der Waals surface area contributed by atoms with Gasteiger partial charge in [0, 0.05) is 251 Å². The van der Waals surface area contributed by atoms with Crippen molar-refractivity contribution in [3.8, 4) is 56.4 Å². The number of benzene rings is 9. The number of piperidine rings is 6. The Morgan fingerprint density at radius 1 is 0.404 bits per heavy atom. The van der Waals surface area contributed by atoms with Crippen LogP contribution in [-0.2, 0) is 67.5 Å². The zero-order valence-electron chi connectivity index (χ0n) is 81.5. The minimum absolute atomic E-state index is 0.103. The van der Waals surface area contributed by atoms with Crippen LogP contribution in [0.4, 0.5) is 22.7 Å². The number of carbonyl (C=O) groups is 9. The number of Topliss-reactive ketones (excluding diaryl/α,β-unsaturated/α-hetero) is 2. The molecule has 6 unspecified atom stereocenters. The first-order valence-electron chi connectivity index (χ1n) is 50.4. The summed E-state index contributed by atoms with van der Waals surface area (Å²) in [5.41, 5.74) is 11.9. The highest BCUT2D eigenvalue weighted by atomic mass is 16.6. The molecular weight excluding hydrogens is 1790 g/mol. The monoisotopic (exact) mass is 1920 g/mol. The zero-order chi connectivity index (χ0) is 98.4. The van der Waals surface area contributed by atoms with Gasteiger partial charge in [-0.3, -0.25) is 28.8 Å². The molecule has 19 rings (SSSR count). The van der Waals surface area contributed by atoms with Gasteiger partial charge >= 0.3 is 35.8 Å². The number of hydrogen-bond acceptors (Lipinski definition) is 24. The SMILES string of the molecule is CC(=O)CCOC1CCCCN1c1ccc2c(-c3ccccc3C(=O)[O-])c3cc/c(=[N+]4/CCCCC4OCCC(C)=O)cc-3oc2c1.CC(=O)OCCC1CCCCN1c1ccc2c(-c3ccccc3C(=O)O)c3ccc(=[N+]4CCCCC4CCOC(C)=O)cc-3oc2c1.CC(=O)OCCC1CCCCN1c1ccc2c(c1)Oc1cc(N3CCCCC3CCOC(C)=O)ccc1C21OC(=O)c2ccccc21. The lowest BCUT2D eigenvalue weighted by Gasteiger charge is -2.41. The largest absolute Gasteiger partial charge is 0.545 e. The van der Waals surface area contributed by atoms with E-state index in [0.717, 1.165) is 264 Å². The zero-order valence-corrected chi connectivity index (χ0v) is 81.5. The van der Waals surface area contributed by atoms with Crippen LogP contribution in [0.15, 0.2) is 191 Å². The van der Waals surface area contributed by atoms with Crippen molar-refractivity contribution in [1.82, 2.24) is 9.15 Å². The van der Waals surface area contributed by atoms with Gasteiger partial charge in [-0.05, 0) is 188 Å². The van der Waals surface area contributed by atoms with E-state index >= 15 is 0 Å². The molecule has 141 heavy (non-hydrogen) atoms. The maximum atomic E-state index is 13.4. The Balaban J connectivity index is 0.000000146. The van der Waals surface area contributed by atoms with Crippen LogP contribution in [0.1, 0.15) is 243 Å². The van der Waals surface area contributed by atoms with Gasteiger partial charge in [-0.25, -0.2) is 18.7 Å². The van der Waals surface area contributed by atoms with Gasteiger partial charge in [0.25, 0.3) is 6.23 Å². The molecule has 10 heterocycles. The molecule has 0 bridgehead atoms. The molecule has 27 heteroatoms. The van der Waals surface area contributed by atoms with Crippen LogP contribution in [0, 0.1) is 0 Å². The molecule has 10 aliphatic heterocycles. The fraction of sp³-hybridized carbons (Fsp3) is 0.430. The van der Waals surface area contributed by atoms with Crippen molar-refractivity contribution in [2.24, 2.45) is 0 Å². The standard InChI is InChI=1S/3C38H42N2O7/c1-25(41)44-21-17-27-9-5-7-19-39(27)29-13-15-33-35(23-29)46-36-24-30(40-20-8-6-10-28(40)18-22-45-26(2)42)14-16-34(36)38(33)32-12-4-3-11-31(32)37(43)47-38;1-25(41)45-21-17-27-9-5-7-19-39(27)29-13-15-33-35(23-29)47-36-24-30(40-20-8-6-10-28(40)18-22-46-26(2)42)14-16-34(36)37(33)31-11-3-4-12-32(31)38(43)44;1-25(41)17-21-45-35-11-5-7-19-39(35)27-13-15-31-33(23-27)47-34-24-28(40-20-8-6-12-36(40)46-22-18-26(2)42)14-16-32(34)37(31)29-9-3-4-10-30(29)38(43)44/h2*3-4,11-16,23-24,27-28H,5-10,17-22H2,1-2H3;3-4,9-10,13-16,23-24,35-36H,5-8,11-12,17-22H2,1-2H3/p+1. The van der Waals surface area contributed by atoms with E-state index in [1.54, 1.807) is 38.1 Å². The van der Waals surface area contributed by atoms with Gasteiger partial charge in [-0.1, -0.05) is 60.7 Å². The molecule has 6 atom stereocenters. The molecule has 1 N–H and O–H groups in total. The van der Waals surface area contributed by atoms with Gasteiger partial charge in [0.2, 0.25) is 10.7 Å². The Hall–Kier alpha value is -13.5. The number of ether oxygens (including phenoxy) is 8. The molecule has 738 valence electrons. The van der Waals surface area contributed by atoms with Crippen LogP contribution in [-0.4, -0.2) is 174 Å². The van der Waals surface area contributed by atoms with E-state index in [-0.39, 0.29) is 89.2 Å². The summed E-state index contributed by atoms with van der Waals surface area (Å²) < 4.78 is 64.8. The predicted octanol–water partition coefficient (Wildman–Crippen LogP) is 18.5. The molecule has 7 aromatic carbocycles. The number of hydrogen-bond donors (Lipinski definition) is 1. The maximum Gasteiger partial charge on any atom is 0.340 e. The second-order valence-corrected chi connectivity index (χ2v) is 38.3. The number of anilines is 4. The van der Waals surface area contributed by atoms with Crippen molar-refractivity contribution in [3.05, 3.63) is 226 Å². The number of carbonyl (C=O) groups excluding carboxylic acids is 8. The first kappa shape index (κ1) is 99.1. The van der Waals surface area contributed by atoms with Crippen LogP contribution in [0.5, 0.6) is 11.5 Å². The lowest BCUT2D eigenvalue weighted by molar-refractivity contribution is -0.255. The van der Waals surface area contributed by atoms with Crippen molar-refractivity contribution in [3.63, 3.8) is 0 Å². The molecule has 0 radical (unpaired) electrons. The third kappa shape index (κ3) is 22.6. The van der Waals surface area contributed by atoms with Crippen LogP contribution < -0.4 is 49.3 Å². The number of aromatic carboxylic acids is 2. The lowest BCUT2D eigenvalue weighted by Crippen LogP contribution is -2.44. The maximum absolute atomic E-state index is 13.4. The summed E-state index contributed by atoms with van der Waals surface area (Å²) in [6, 6.07) is 59.6. The van der Waals surface area contributed by atoms with E-state index in [9.17, 15) is 53.4 Å². The van der Waals surface area contributed by atoms with E-state index in [2.05, 4.69) is 77.3 Å². The van der Waals surface area contributed by atoms with Crippen molar-refractivity contribution >= 4 is 98.0 Å². The number of carboxylic acids is 2. The van der Waals surface area contributed by atoms with E-state index in [1.165, 1.54) is 27.7 Å². The van der Waals surface area contributed by atoms with Gasteiger partial charge in [-0.15, -0.1) is 0 Å². The van der Waals surface area contributed by atoms with Crippen LogP contribution in [0.2, 0.25) is 0 Å². The number of esters is 5. The molecular formula is C114H127N6O21+. The van der Waals surface area contributed by atoms with Crippen molar-refractivity contribution in [2.75, 3.05) is 98.5 Å². The minimum atomic E-state index is -1.24. The summed E-state index contributed by atoms with van der Waals surface area (Å²) in [6.07, 6.45) is 22.3. The van der Waals surface area contributed by atoms with Crippen molar-refractivity contribution in [1.29, 1.82) is 0 Å². The first-order chi connectivity index (χ1) is 68.4. The average molecular weight is 1920 g/mol. The number of carboxylic acid groups (broad SMARTS) is 2. The smallest absolute Gasteiger partial charge is 0.340 e. The lowest BCUT2D eigenvalue weighted by atomic mass is 9.77. The van der Waals surface area contributed by atoms with Crippen molar-refractivity contribution in [2.45, 2.75) is 238 Å². The second-order valence-electron chi connectivity index (χ2n) is 38.3. The van der Waals surface area contributed by atoms with E-state index in [1.807, 2.05) is 109 Å². The van der Waals surface area contributed by atoms with Crippen molar-refractivity contribution < 1.29 is 100 Å². The average Bonchev–Trinajstić information content (AvgIpc) is 1.55. The van der Waals surface area contributed by atoms with Crippen LogP contribution in [0.25, 0.3) is 66.8 Å². The number of fused-ring (bicyclic) bond motifs is 10. The van der Waals surface area contributed by atoms with Gasteiger partial charge in [0.05, 0.1) is 68.9 Å². The normalized spacial score (nSPS) is 20.7. The highest BCUT2D eigenvalue weighted by Gasteiger charge is 2.54. The summed E-state index contributed by atoms with van der Waals surface area (Å²) >= 11 is 0. The molecule has 6 saturated heterocycles. The Morgan fingerprint density at radius 3 is 1.34 bits per heavy atom. The van der Waals surface area contributed by atoms with Crippen LogP contribution in [0.3, 0.4) is 0 Å². The Bertz CT molecular complexity index is 6220. The summed E-state index contributed by atoms with van der Waals surface area (Å²) in [5, 5.41) is 26.1. The molecule has 1 spiro atoms. The van der Waals surface area contributed by atoms with E-state index in [4.69, 9.17) is 46.7 Å². The van der Waals surface area contributed by atoms with E-state index in [0.29, 0.717) is 103 Å². The molecule has 0 amide bonds. The highest BCUT2D eigenvalue weighted by molar-refractivity contribution is 6.09. The molecule has 27 nitrogen and oxygen atoms in total. The highest BCUT2D eigenvalue weighted by Crippen LogP contribution is 2.58. The molecule has 2 aliphatic carbocycles. The molecule has 7 aromatic rings. The second kappa shape index (κ2) is 45.4. The van der Waals surface area contributed by atoms with Gasteiger partial charge < -0.3 is 81.3 Å². The third-order valence-corrected chi connectivity index (χ3v) is 28.9. The molecule has 12 aliphatic rings.